The third-order valence-corrected chi connectivity index (χ3v) is 4.77. The number of aryl methyl sites for hydroxylation is 1. The first-order valence-electron chi connectivity index (χ1n) is 8.33. The maximum Gasteiger partial charge on any atom is 0.270 e. The fourth-order valence-corrected chi connectivity index (χ4v) is 3.10. The Bertz CT molecular complexity index is 1020. The average Bonchev–Trinajstić information content (AvgIpc) is 3.12. The molecule has 3 N–H and O–H groups in total. The summed E-state index contributed by atoms with van der Waals surface area (Å²) >= 11 is 1.16. The van der Waals surface area contributed by atoms with Gasteiger partial charge in [0.15, 0.2) is 5.06 Å². The highest BCUT2D eigenvalue weighted by Gasteiger charge is 2.13. The zero-order chi connectivity index (χ0) is 20.1. The van der Waals surface area contributed by atoms with Crippen LogP contribution >= 0.6 is 11.3 Å². The monoisotopic (exact) mass is 400 g/mol. The molecule has 0 fully saturated rings. The lowest BCUT2D eigenvalue weighted by molar-refractivity contribution is 0.0944. The summed E-state index contributed by atoms with van der Waals surface area (Å²) in [7, 11) is 0. The third-order valence-electron chi connectivity index (χ3n) is 3.88. The van der Waals surface area contributed by atoms with Gasteiger partial charge in [0.2, 0.25) is 0 Å². The van der Waals surface area contributed by atoms with Gasteiger partial charge in [-0.1, -0.05) is 12.1 Å². The molecular formula is C19H17FN4O3S. The predicted octanol–water partition coefficient (Wildman–Crippen LogP) is 2.55. The molecule has 0 aliphatic heterocycles. The van der Waals surface area contributed by atoms with Crippen molar-refractivity contribution in [3.63, 3.8) is 0 Å². The standard InChI is InChI=1S/C19H17FN4O3S/c1-11-6-12(2-4-14(11)20)8-21-18(26)15-7-16(24-10-23-15)19(27)22-9-13-3-5-17(25)28-13/h2-7,10,25H,8-9H2,1H3,(H,21,26)(H,22,27). The average molecular weight is 400 g/mol. The Kier molecular flexibility index (Phi) is 5.95. The van der Waals surface area contributed by atoms with Crippen molar-refractivity contribution in [1.29, 1.82) is 0 Å². The van der Waals surface area contributed by atoms with Gasteiger partial charge in [0.05, 0.1) is 6.54 Å². The minimum Gasteiger partial charge on any atom is -0.499 e. The number of nitrogens with zero attached hydrogens (tertiary/aromatic N) is 2. The van der Waals surface area contributed by atoms with E-state index in [9.17, 15) is 19.1 Å². The Hall–Kier alpha value is -3.33. The first-order valence-corrected chi connectivity index (χ1v) is 9.15. The minimum absolute atomic E-state index is 0.0488. The van der Waals surface area contributed by atoms with E-state index in [2.05, 4.69) is 20.6 Å². The Morgan fingerprint density at radius 3 is 2.32 bits per heavy atom. The molecule has 0 spiro atoms. The summed E-state index contributed by atoms with van der Waals surface area (Å²) in [5, 5.41) is 14.8. The van der Waals surface area contributed by atoms with Crippen LogP contribution in [0.5, 0.6) is 5.06 Å². The highest BCUT2D eigenvalue weighted by Crippen LogP contribution is 2.22. The van der Waals surface area contributed by atoms with Gasteiger partial charge in [-0.25, -0.2) is 14.4 Å². The molecule has 0 saturated carbocycles. The zero-order valence-corrected chi connectivity index (χ0v) is 15.7. The molecule has 2 aromatic heterocycles. The molecule has 144 valence electrons. The third kappa shape index (κ3) is 4.89. The summed E-state index contributed by atoms with van der Waals surface area (Å²) in [6.07, 6.45) is 1.14. The van der Waals surface area contributed by atoms with E-state index in [0.717, 1.165) is 28.1 Å². The number of aromatic hydroxyl groups is 1. The highest BCUT2D eigenvalue weighted by atomic mass is 32.1. The summed E-state index contributed by atoms with van der Waals surface area (Å²) < 4.78 is 13.3. The van der Waals surface area contributed by atoms with E-state index in [4.69, 9.17) is 0 Å². The molecule has 0 aliphatic carbocycles. The summed E-state index contributed by atoms with van der Waals surface area (Å²) in [4.78, 5) is 33.1. The number of carbonyl (C=O) groups excluding carboxylic acids is 2. The van der Waals surface area contributed by atoms with Crippen molar-refractivity contribution < 1.29 is 19.1 Å². The van der Waals surface area contributed by atoms with Crippen LogP contribution in [0, 0.1) is 12.7 Å². The Balaban J connectivity index is 1.60. The van der Waals surface area contributed by atoms with Crippen LogP contribution in [0.4, 0.5) is 4.39 Å². The molecule has 0 unspecified atom stereocenters. The number of nitrogens with one attached hydrogen (secondary N) is 2. The van der Waals surface area contributed by atoms with Crippen molar-refractivity contribution >= 4 is 23.2 Å². The molecule has 9 heteroatoms. The van der Waals surface area contributed by atoms with Crippen LogP contribution in [-0.4, -0.2) is 26.9 Å². The van der Waals surface area contributed by atoms with Crippen LogP contribution in [0.15, 0.2) is 42.7 Å². The summed E-state index contributed by atoms with van der Waals surface area (Å²) in [6.45, 7) is 2.08. The van der Waals surface area contributed by atoms with Gasteiger partial charge >= 0.3 is 0 Å². The largest absolute Gasteiger partial charge is 0.499 e. The number of thiophene rings is 1. The SMILES string of the molecule is Cc1cc(CNC(=O)c2cc(C(=O)NCc3ccc(O)s3)ncn2)ccc1F. The first kappa shape index (κ1) is 19.4. The van der Waals surface area contributed by atoms with Gasteiger partial charge in [0, 0.05) is 17.5 Å². The summed E-state index contributed by atoms with van der Waals surface area (Å²) in [6, 6.07) is 9.13. The number of amides is 2. The van der Waals surface area contributed by atoms with Crippen LogP contribution in [-0.2, 0) is 13.1 Å². The number of rotatable bonds is 6. The molecule has 1 aromatic carbocycles. The Labute approximate surface area is 164 Å². The minimum atomic E-state index is -0.471. The number of hydrogen-bond acceptors (Lipinski definition) is 6. The van der Waals surface area contributed by atoms with Crippen molar-refractivity contribution in [2.75, 3.05) is 0 Å². The van der Waals surface area contributed by atoms with Crippen LogP contribution < -0.4 is 10.6 Å². The van der Waals surface area contributed by atoms with Crippen molar-refractivity contribution in [1.82, 2.24) is 20.6 Å². The van der Waals surface area contributed by atoms with Gasteiger partial charge in [0.1, 0.15) is 23.5 Å². The van der Waals surface area contributed by atoms with E-state index < -0.39 is 11.8 Å². The first-order chi connectivity index (χ1) is 13.4. The second kappa shape index (κ2) is 8.57. The van der Waals surface area contributed by atoms with Crippen LogP contribution in [0.1, 0.15) is 37.0 Å². The second-order valence-electron chi connectivity index (χ2n) is 5.98. The summed E-state index contributed by atoms with van der Waals surface area (Å²) in [5.74, 6) is -1.24. The van der Waals surface area contributed by atoms with E-state index in [1.54, 1.807) is 31.2 Å². The summed E-state index contributed by atoms with van der Waals surface area (Å²) in [5.41, 5.74) is 1.34. The van der Waals surface area contributed by atoms with Crippen LogP contribution in [0.3, 0.4) is 0 Å². The van der Waals surface area contributed by atoms with Gasteiger partial charge in [-0.05, 0) is 36.2 Å². The van der Waals surface area contributed by atoms with Gasteiger partial charge in [-0.2, -0.15) is 0 Å². The normalized spacial score (nSPS) is 10.5. The molecule has 2 heterocycles. The van der Waals surface area contributed by atoms with E-state index in [0.29, 0.717) is 5.56 Å². The molecule has 3 aromatic rings. The lowest BCUT2D eigenvalue weighted by Gasteiger charge is -2.07. The molecule has 0 radical (unpaired) electrons. The predicted molar refractivity (Wildman–Crippen MR) is 101 cm³/mol. The maximum absolute atomic E-state index is 13.3. The van der Waals surface area contributed by atoms with E-state index in [-0.39, 0.29) is 35.4 Å². The van der Waals surface area contributed by atoms with E-state index in [1.807, 2.05) is 0 Å². The highest BCUT2D eigenvalue weighted by molar-refractivity contribution is 7.13. The van der Waals surface area contributed by atoms with Crippen molar-refractivity contribution in [3.05, 3.63) is 75.9 Å². The molecule has 0 bridgehead atoms. The fraction of sp³-hybridized carbons (Fsp3) is 0.158. The van der Waals surface area contributed by atoms with Crippen LogP contribution in [0.25, 0.3) is 0 Å². The number of halogens is 1. The van der Waals surface area contributed by atoms with Crippen molar-refractivity contribution in [3.8, 4) is 5.06 Å². The number of benzene rings is 1. The molecule has 3 rings (SSSR count). The van der Waals surface area contributed by atoms with Crippen LogP contribution in [0.2, 0.25) is 0 Å². The molecule has 0 saturated heterocycles. The van der Waals surface area contributed by atoms with Gasteiger partial charge in [-0.15, -0.1) is 11.3 Å². The lowest BCUT2D eigenvalue weighted by atomic mass is 10.1. The van der Waals surface area contributed by atoms with Gasteiger partial charge in [0.25, 0.3) is 11.8 Å². The molecule has 0 aliphatic rings. The van der Waals surface area contributed by atoms with E-state index in [1.165, 1.54) is 12.1 Å². The van der Waals surface area contributed by atoms with Crippen molar-refractivity contribution in [2.24, 2.45) is 0 Å². The van der Waals surface area contributed by atoms with Crippen molar-refractivity contribution in [2.45, 2.75) is 20.0 Å². The van der Waals surface area contributed by atoms with Gasteiger partial charge in [-0.3, -0.25) is 9.59 Å². The quantitative estimate of drug-likeness (QED) is 0.590. The Morgan fingerprint density at radius 1 is 1.04 bits per heavy atom. The van der Waals surface area contributed by atoms with Gasteiger partial charge < -0.3 is 15.7 Å². The van der Waals surface area contributed by atoms with E-state index >= 15 is 0 Å². The number of hydrogen-bond donors (Lipinski definition) is 3. The zero-order valence-electron chi connectivity index (χ0n) is 14.9. The topological polar surface area (TPSA) is 104 Å². The molecular weight excluding hydrogens is 383 g/mol. The number of carbonyl (C=O) groups is 2. The molecule has 28 heavy (non-hydrogen) atoms. The Morgan fingerprint density at radius 2 is 1.71 bits per heavy atom. The smallest absolute Gasteiger partial charge is 0.270 e. The fourth-order valence-electron chi connectivity index (χ4n) is 2.41. The lowest BCUT2D eigenvalue weighted by Crippen LogP contribution is -2.27. The molecule has 7 nitrogen and oxygen atoms in total. The number of aromatic nitrogens is 2. The molecule has 0 atom stereocenters. The maximum atomic E-state index is 13.3. The molecule has 2 amide bonds. The second-order valence-corrected chi connectivity index (χ2v) is 7.12.